The fourth-order valence-corrected chi connectivity index (χ4v) is 1.66. The van der Waals surface area contributed by atoms with Gasteiger partial charge in [0.15, 0.2) is 0 Å². The van der Waals surface area contributed by atoms with E-state index in [2.05, 4.69) is 43.0 Å². The molecule has 3 heteroatoms. The lowest BCUT2D eigenvalue weighted by Crippen LogP contribution is -2.31. The first kappa shape index (κ1) is 13.5. The van der Waals surface area contributed by atoms with Crippen molar-refractivity contribution in [2.75, 3.05) is 33.7 Å². The molecular formula is C13H21ClN2. The maximum atomic E-state index is 5.86. The highest BCUT2D eigenvalue weighted by molar-refractivity contribution is 6.30. The first-order valence-corrected chi connectivity index (χ1v) is 6.11. The van der Waals surface area contributed by atoms with E-state index < -0.39 is 0 Å². The third kappa shape index (κ3) is 4.97. The molecule has 0 unspecified atom stereocenters. The largest absolute Gasteiger partial charge is 0.308 e. The van der Waals surface area contributed by atoms with Crippen LogP contribution >= 0.6 is 11.6 Å². The van der Waals surface area contributed by atoms with Crippen LogP contribution in [0, 0.1) is 0 Å². The van der Waals surface area contributed by atoms with Gasteiger partial charge in [0.25, 0.3) is 0 Å². The Bertz CT molecular complexity index is 295. The molecule has 2 nitrogen and oxygen atoms in total. The van der Waals surface area contributed by atoms with Gasteiger partial charge >= 0.3 is 0 Å². The van der Waals surface area contributed by atoms with Crippen LogP contribution in [0.5, 0.6) is 0 Å². The van der Waals surface area contributed by atoms with Gasteiger partial charge in [-0.1, -0.05) is 30.7 Å². The summed E-state index contributed by atoms with van der Waals surface area (Å²) in [5.41, 5.74) is 1.32. The van der Waals surface area contributed by atoms with Crippen LogP contribution in [0.15, 0.2) is 24.3 Å². The zero-order valence-electron chi connectivity index (χ0n) is 10.4. The Hall–Kier alpha value is -0.570. The van der Waals surface area contributed by atoms with Crippen molar-refractivity contribution in [3.05, 3.63) is 34.9 Å². The van der Waals surface area contributed by atoms with Crippen molar-refractivity contribution in [3.8, 4) is 0 Å². The minimum absolute atomic E-state index is 0.806. The zero-order valence-corrected chi connectivity index (χ0v) is 11.2. The summed E-state index contributed by atoms with van der Waals surface area (Å²) >= 11 is 5.86. The Morgan fingerprint density at radius 1 is 1.06 bits per heavy atom. The van der Waals surface area contributed by atoms with Gasteiger partial charge in [0, 0.05) is 24.7 Å². The minimum atomic E-state index is 0.806. The quantitative estimate of drug-likeness (QED) is 0.755. The Morgan fingerprint density at radius 2 is 1.69 bits per heavy atom. The molecule has 0 N–H and O–H groups in total. The second kappa shape index (κ2) is 6.89. The molecule has 1 aromatic rings. The van der Waals surface area contributed by atoms with E-state index in [0.717, 1.165) is 31.2 Å². The second-order valence-corrected chi connectivity index (χ2v) is 4.73. The number of hydrogen-bond acceptors (Lipinski definition) is 2. The fraction of sp³-hybridized carbons (Fsp3) is 0.538. The van der Waals surface area contributed by atoms with Crippen LogP contribution < -0.4 is 0 Å². The van der Waals surface area contributed by atoms with Gasteiger partial charge in [0.05, 0.1) is 0 Å². The smallest absolute Gasteiger partial charge is 0.0406 e. The highest BCUT2D eigenvalue weighted by atomic mass is 35.5. The van der Waals surface area contributed by atoms with E-state index in [9.17, 15) is 0 Å². The van der Waals surface area contributed by atoms with Gasteiger partial charge in [-0.05, 0) is 38.3 Å². The molecule has 0 spiro atoms. The van der Waals surface area contributed by atoms with E-state index in [1.54, 1.807) is 0 Å². The van der Waals surface area contributed by atoms with Crippen LogP contribution in [0.25, 0.3) is 0 Å². The molecule has 0 bridgehead atoms. The van der Waals surface area contributed by atoms with Gasteiger partial charge in [0.2, 0.25) is 0 Å². The highest BCUT2D eigenvalue weighted by Gasteiger charge is 2.03. The highest BCUT2D eigenvalue weighted by Crippen LogP contribution is 2.11. The van der Waals surface area contributed by atoms with E-state index in [-0.39, 0.29) is 0 Å². The summed E-state index contributed by atoms with van der Waals surface area (Å²) in [6.07, 6.45) is 0. The van der Waals surface area contributed by atoms with Gasteiger partial charge in [-0.25, -0.2) is 0 Å². The van der Waals surface area contributed by atoms with Crippen molar-refractivity contribution in [1.29, 1.82) is 0 Å². The van der Waals surface area contributed by atoms with E-state index >= 15 is 0 Å². The Labute approximate surface area is 104 Å². The lowest BCUT2D eigenvalue weighted by Gasteiger charge is -2.22. The molecule has 0 saturated carbocycles. The number of hydrogen-bond donors (Lipinski definition) is 0. The van der Waals surface area contributed by atoms with E-state index in [1.165, 1.54) is 5.56 Å². The molecule has 0 amide bonds. The SMILES string of the molecule is CCN(CCN(C)C)Cc1ccc(Cl)cc1. The van der Waals surface area contributed by atoms with E-state index in [0.29, 0.717) is 0 Å². The summed E-state index contributed by atoms with van der Waals surface area (Å²) in [7, 11) is 4.21. The molecule has 0 radical (unpaired) electrons. The summed E-state index contributed by atoms with van der Waals surface area (Å²) in [5.74, 6) is 0. The number of likely N-dealkylation sites (N-methyl/N-ethyl adjacent to an activating group) is 2. The maximum absolute atomic E-state index is 5.86. The summed E-state index contributed by atoms with van der Waals surface area (Å²) < 4.78 is 0. The summed E-state index contributed by atoms with van der Waals surface area (Å²) in [6, 6.07) is 8.11. The molecule has 0 aromatic heterocycles. The molecular weight excluding hydrogens is 220 g/mol. The summed E-state index contributed by atoms with van der Waals surface area (Å²) in [5, 5.41) is 0.806. The van der Waals surface area contributed by atoms with Crippen LogP contribution in [0.3, 0.4) is 0 Å². The van der Waals surface area contributed by atoms with Gasteiger partial charge in [0.1, 0.15) is 0 Å². The van der Waals surface area contributed by atoms with Crippen molar-refractivity contribution in [2.24, 2.45) is 0 Å². The molecule has 1 aromatic carbocycles. The standard InChI is InChI=1S/C13H21ClN2/c1-4-16(10-9-15(2)3)11-12-5-7-13(14)8-6-12/h5-8H,4,9-11H2,1-3H3. The van der Waals surface area contributed by atoms with Crippen molar-refractivity contribution >= 4 is 11.6 Å². The Kier molecular flexibility index (Phi) is 5.81. The molecule has 0 saturated heterocycles. The molecule has 0 atom stereocenters. The topological polar surface area (TPSA) is 6.48 Å². The zero-order chi connectivity index (χ0) is 12.0. The van der Waals surface area contributed by atoms with Gasteiger partial charge in [-0.3, -0.25) is 4.90 Å². The van der Waals surface area contributed by atoms with Crippen molar-refractivity contribution in [2.45, 2.75) is 13.5 Å². The first-order valence-electron chi connectivity index (χ1n) is 5.73. The molecule has 0 aliphatic carbocycles. The average molecular weight is 241 g/mol. The number of nitrogens with zero attached hydrogens (tertiary/aromatic N) is 2. The molecule has 1 rings (SSSR count). The number of rotatable bonds is 6. The van der Waals surface area contributed by atoms with Gasteiger partial charge in [-0.15, -0.1) is 0 Å². The average Bonchev–Trinajstić information content (AvgIpc) is 2.26. The third-order valence-electron chi connectivity index (χ3n) is 2.63. The van der Waals surface area contributed by atoms with Crippen LogP contribution in [-0.2, 0) is 6.54 Å². The molecule has 0 aliphatic heterocycles. The van der Waals surface area contributed by atoms with E-state index in [4.69, 9.17) is 11.6 Å². The Balaban J connectivity index is 2.46. The molecule has 16 heavy (non-hydrogen) atoms. The predicted molar refractivity (Wildman–Crippen MR) is 71.0 cm³/mol. The molecule has 0 fully saturated rings. The molecule has 90 valence electrons. The normalized spacial score (nSPS) is 11.4. The predicted octanol–water partition coefficient (Wildman–Crippen LogP) is 2.72. The van der Waals surface area contributed by atoms with Crippen LogP contribution in [0.1, 0.15) is 12.5 Å². The van der Waals surface area contributed by atoms with Crippen molar-refractivity contribution in [3.63, 3.8) is 0 Å². The van der Waals surface area contributed by atoms with Crippen LogP contribution in [0.4, 0.5) is 0 Å². The second-order valence-electron chi connectivity index (χ2n) is 4.30. The number of benzene rings is 1. The fourth-order valence-electron chi connectivity index (χ4n) is 1.54. The molecule has 0 heterocycles. The first-order chi connectivity index (χ1) is 7.61. The van der Waals surface area contributed by atoms with Crippen molar-refractivity contribution < 1.29 is 0 Å². The van der Waals surface area contributed by atoms with Gasteiger partial charge in [-0.2, -0.15) is 0 Å². The molecule has 0 aliphatic rings. The minimum Gasteiger partial charge on any atom is -0.308 e. The van der Waals surface area contributed by atoms with E-state index in [1.807, 2.05) is 12.1 Å². The summed E-state index contributed by atoms with van der Waals surface area (Å²) in [6.45, 7) is 6.48. The monoisotopic (exact) mass is 240 g/mol. The lowest BCUT2D eigenvalue weighted by molar-refractivity contribution is 0.244. The van der Waals surface area contributed by atoms with Crippen molar-refractivity contribution in [1.82, 2.24) is 9.80 Å². The Morgan fingerprint density at radius 3 is 2.19 bits per heavy atom. The van der Waals surface area contributed by atoms with Gasteiger partial charge < -0.3 is 4.90 Å². The third-order valence-corrected chi connectivity index (χ3v) is 2.88. The van der Waals surface area contributed by atoms with Crippen LogP contribution in [0.2, 0.25) is 5.02 Å². The number of halogens is 1. The maximum Gasteiger partial charge on any atom is 0.0406 e. The lowest BCUT2D eigenvalue weighted by atomic mass is 10.2. The van der Waals surface area contributed by atoms with Crippen LogP contribution in [-0.4, -0.2) is 43.5 Å². The summed E-state index contributed by atoms with van der Waals surface area (Å²) in [4.78, 5) is 4.65.